The summed E-state index contributed by atoms with van der Waals surface area (Å²) in [6.07, 6.45) is 3.13. The molecule has 1 unspecified atom stereocenters. The number of hydrogen-bond donors (Lipinski definition) is 1. The second-order valence-electron chi connectivity index (χ2n) is 12.1. The first-order valence-electron chi connectivity index (χ1n) is 14.7. The van der Waals surface area contributed by atoms with Crippen molar-refractivity contribution < 1.29 is 4.79 Å². The number of H-pyrrole nitrogens is 1. The Balaban J connectivity index is 1.23. The van der Waals surface area contributed by atoms with Gasteiger partial charge in [0.15, 0.2) is 5.65 Å². The van der Waals surface area contributed by atoms with Gasteiger partial charge in [-0.15, -0.1) is 10.2 Å². The number of amides is 1. The van der Waals surface area contributed by atoms with Crippen LogP contribution in [0.5, 0.6) is 0 Å². The maximum Gasteiger partial charge on any atom is 0.253 e. The summed E-state index contributed by atoms with van der Waals surface area (Å²) >= 11 is 0. The maximum atomic E-state index is 13.1. The van der Waals surface area contributed by atoms with Gasteiger partial charge in [-0.1, -0.05) is 12.1 Å². The fourth-order valence-electron chi connectivity index (χ4n) is 6.59. The molecule has 8 nitrogen and oxygen atoms in total. The quantitative estimate of drug-likeness (QED) is 0.375. The Morgan fingerprint density at radius 3 is 2.29 bits per heavy atom. The predicted octanol–water partition coefficient (Wildman–Crippen LogP) is 4.68. The van der Waals surface area contributed by atoms with E-state index in [1.54, 1.807) is 0 Å². The minimum atomic E-state index is 0.0731. The normalized spacial score (nSPS) is 18.4. The second-order valence-corrected chi connectivity index (χ2v) is 12.1. The minimum Gasteiger partial charge on any atom is -0.369 e. The maximum absolute atomic E-state index is 13.1. The summed E-state index contributed by atoms with van der Waals surface area (Å²) in [6.45, 7) is 11.6. The standard InChI is InChI=1S/C33H41N7O/c1-22-16-27(17-23(2)31(22)40-14-12-37(3)13-15-40)30-18-28-29(19-34-32(28)36-35-30)25-6-8-26(9-7-25)33(41)39(5)21-24-10-11-38(4)20-24/h6-9,16-19,24H,10-15,20-21H2,1-5H3,(H,34,36). The summed E-state index contributed by atoms with van der Waals surface area (Å²) in [7, 11) is 6.25. The molecule has 2 fully saturated rings. The average molecular weight is 552 g/mol. The van der Waals surface area contributed by atoms with Gasteiger partial charge in [0.05, 0.1) is 5.69 Å². The van der Waals surface area contributed by atoms with Crippen LogP contribution in [0.1, 0.15) is 27.9 Å². The van der Waals surface area contributed by atoms with E-state index >= 15 is 0 Å². The third kappa shape index (κ3) is 5.59. The van der Waals surface area contributed by atoms with Crippen molar-refractivity contribution >= 4 is 22.6 Å². The average Bonchev–Trinajstić information content (AvgIpc) is 3.58. The van der Waals surface area contributed by atoms with Crippen LogP contribution >= 0.6 is 0 Å². The number of nitrogens with zero attached hydrogens (tertiary/aromatic N) is 6. The van der Waals surface area contributed by atoms with Crippen LogP contribution in [0.3, 0.4) is 0 Å². The van der Waals surface area contributed by atoms with Gasteiger partial charge in [-0.3, -0.25) is 4.79 Å². The number of likely N-dealkylation sites (N-methyl/N-ethyl adjacent to an activating group) is 1. The van der Waals surface area contributed by atoms with Crippen molar-refractivity contribution in [2.24, 2.45) is 5.92 Å². The van der Waals surface area contributed by atoms with Crippen LogP contribution in [0.25, 0.3) is 33.4 Å². The number of nitrogens with one attached hydrogen (secondary N) is 1. The van der Waals surface area contributed by atoms with E-state index in [0.717, 1.165) is 85.7 Å². The summed E-state index contributed by atoms with van der Waals surface area (Å²) in [5.41, 5.74) is 9.40. The summed E-state index contributed by atoms with van der Waals surface area (Å²) in [5.74, 6) is 0.620. The monoisotopic (exact) mass is 551 g/mol. The molecule has 2 aromatic heterocycles. The Hall–Kier alpha value is -3.75. The van der Waals surface area contributed by atoms with Crippen molar-refractivity contribution in [2.75, 3.05) is 71.9 Å². The lowest BCUT2D eigenvalue weighted by Crippen LogP contribution is -2.45. The molecule has 2 aromatic carbocycles. The molecule has 0 bridgehead atoms. The highest BCUT2D eigenvalue weighted by molar-refractivity contribution is 5.97. The van der Waals surface area contributed by atoms with E-state index in [9.17, 15) is 4.79 Å². The molecular weight excluding hydrogens is 510 g/mol. The fraction of sp³-hybridized carbons (Fsp3) is 0.424. The summed E-state index contributed by atoms with van der Waals surface area (Å²) in [4.78, 5) is 25.5. The Kier molecular flexibility index (Phi) is 7.53. The van der Waals surface area contributed by atoms with Gasteiger partial charge < -0.3 is 24.6 Å². The van der Waals surface area contributed by atoms with Crippen LogP contribution in [0.15, 0.2) is 48.7 Å². The molecule has 0 radical (unpaired) electrons. The molecule has 1 N–H and O–H groups in total. The second kappa shape index (κ2) is 11.3. The zero-order valence-electron chi connectivity index (χ0n) is 24.9. The fourth-order valence-corrected chi connectivity index (χ4v) is 6.59. The van der Waals surface area contributed by atoms with Crippen molar-refractivity contribution in [1.29, 1.82) is 0 Å². The number of rotatable bonds is 6. The summed E-state index contributed by atoms with van der Waals surface area (Å²) < 4.78 is 0. The highest BCUT2D eigenvalue weighted by atomic mass is 16.2. The predicted molar refractivity (Wildman–Crippen MR) is 167 cm³/mol. The Bertz CT molecular complexity index is 1530. The van der Waals surface area contributed by atoms with Gasteiger partial charge in [0.1, 0.15) is 0 Å². The molecular formula is C33H41N7O. The van der Waals surface area contributed by atoms with Crippen LogP contribution in [0.2, 0.25) is 0 Å². The Morgan fingerprint density at radius 1 is 0.927 bits per heavy atom. The van der Waals surface area contributed by atoms with E-state index in [1.807, 2.05) is 42.4 Å². The van der Waals surface area contributed by atoms with Crippen molar-refractivity contribution in [3.63, 3.8) is 0 Å². The van der Waals surface area contributed by atoms with Gasteiger partial charge in [-0.25, -0.2) is 0 Å². The Labute approximate surface area is 243 Å². The van der Waals surface area contributed by atoms with E-state index < -0.39 is 0 Å². The zero-order chi connectivity index (χ0) is 28.7. The molecule has 8 heteroatoms. The Morgan fingerprint density at radius 2 is 1.63 bits per heavy atom. The molecule has 6 rings (SSSR count). The van der Waals surface area contributed by atoms with E-state index in [0.29, 0.717) is 11.5 Å². The van der Waals surface area contributed by atoms with Crippen LogP contribution in [-0.2, 0) is 0 Å². The molecule has 0 saturated carbocycles. The molecule has 41 heavy (non-hydrogen) atoms. The first kappa shape index (κ1) is 27.4. The summed E-state index contributed by atoms with van der Waals surface area (Å²) in [6, 6.07) is 14.6. The van der Waals surface area contributed by atoms with Crippen molar-refractivity contribution in [3.8, 4) is 22.4 Å². The molecule has 1 atom stereocenters. The van der Waals surface area contributed by atoms with Gasteiger partial charge >= 0.3 is 0 Å². The number of piperazine rings is 1. The third-order valence-electron chi connectivity index (χ3n) is 8.85. The van der Waals surface area contributed by atoms with Crippen LogP contribution < -0.4 is 4.90 Å². The first-order valence-corrected chi connectivity index (χ1v) is 14.7. The van der Waals surface area contributed by atoms with E-state index in [-0.39, 0.29) is 5.91 Å². The number of hydrogen-bond acceptors (Lipinski definition) is 6. The molecule has 1 amide bonds. The van der Waals surface area contributed by atoms with Crippen molar-refractivity contribution in [2.45, 2.75) is 20.3 Å². The largest absolute Gasteiger partial charge is 0.369 e. The molecule has 2 saturated heterocycles. The first-order chi connectivity index (χ1) is 19.8. The van der Waals surface area contributed by atoms with Gasteiger partial charge in [0.2, 0.25) is 0 Å². The highest BCUT2D eigenvalue weighted by Crippen LogP contribution is 2.34. The van der Waals surface area contributed by atoms with Crippen LogP contribution in [0.4, 0.5) is 5.69 Å². The van der Waals surface area contributed by atoms with Crippen molar-refractivity contribution in [3.05, 3.63) is 65.4 Å². The van der Waals surface area contributed by atoms with Gasteiger partial charge in [0, 0.05) is 80.3 Å². The van der Waals surface area contributed by atoms with E-state index in [4.69, 9.17) is 0 Å². The zero-order valence-corrected chi connectivity index (χ0v) is 24.9. The third-order valence-corrected chi connectivity index (χ3v) is 8.85. The van der Waals surface area contributed by atoms with Gasteiger partial charge in [-0.05, 0) is 93.8 Å². The molecule has 0 aliphatic carbocycles. The van der Waals surface area contributed by atoms with Crippen molar-refractivity contribution in [1.82, 2.24) is 29.9 Å². The number of likely N-dealkylation sites (tertiary alicyclic amines) is 1. The van der Waals surface area contributed by atoms with Gasteiger partial charge in [-0.2, -0.15) is 0 Å². The number of aromatic amines is 1. The highest BCUT2D eigenvalue weighted by Gasteiger charge is 2.23. The van der Waals surface area contributed by atoms with E-state index in [1.165, 1.54) is 16.8 Å². The lowest BCUT2D eigenvalue weighted by atomic mass is 9.99. The van der Waals surface area contributed by atoms with Gasteiger partial charge in [0.25, 0.3) is 5.91 Å². The van der Waals surface area contributed by atoms with Crippen LogP contribution in [-0.4, -0.2) is 103 Å². The molecule has 0 spiro atoms. The number of fused-ring (bicyclic) bond motifs is 1. The topological polar surface area (TPSA) is 71.6 Å². The summed E-state index contributed by atoms with van der Waals surface area (Å²) in [5, 5.41) is 10.1. The molecule has 4 aromatic rings. The number of aryl methyl sites for hydroxylation is 2. The smallest absolute Gasteiger partial charge is 0.253 e. The number of carbonyl (C=O) groups is 1. The van der Waals surface area contributed by atoms with E-state index in [2.05, 4.69) is 76.0 Å². The molecule has 4 heterocycles. The number of anilines is 1. The molecule has 2 aliphatic rings. The molecule has 2 aliphatic heterocycles. The SMILES string of the molecule is Cc1cc(-c2cc3c(-c4ccc(C(=O)N(C)CC5CCN(C)C5)cc4)c[nH]c3nn2)cc(C)c1N1CCN(C)CC1. The molecule has 214 valence electrons. The lowest BCUT2D eigenvalue weighted by molar-refractivity contribution is 0.0774. The number of benzene rings is 2. The minimum absolute atomic E-state index is 0.0731. The number of carbonyl (C=O) groups excluding carboxylic acids is 1. The lowest BCUT2D eigenvalue weighted by Gasteiger charge is -2.36. The number of aromatic nitrogens is 3. The van der Waals surface area contributed by atoms with Crippen LogP contribution in [0, 0.1) is 19.8 Å².